The van der Waals surface area contributed by atoms with Crippen molar-refractivity contribution in [3.63, 3.8) is 0 Å². The van der Waals surface area contributed by atoms with Gasteiger partial charge >= 0.3 is 0 Å². The highest BCUT2D eigenvalue weighted by molar-refractivity contribution is 7.91. The number of piperazine rings is 1. The Balaban J connectivity index is 1.81. The second-order valence-corrected chi connectivity index (χ2v) is 6.89. The Morgan fingerprint density at radius 1 is 1.19 bits per heavy atom. The van der Waals surface area contributed by atoms with Gasteiger partial charge in [0, 0.05) is 38.8 Å². The molecule has 0 saturated carbocycles. The molecule has 1 N–H and O–H groups in total. The molecule has 0 spiro atoms. The molecule has 0 aromatic rings. The van der Waals surface area contributed by atoms with Crippen LogP contribution in [0, 0.1) is 0 Å². The van der Waals surface area contributed by atoms with Crippen LogP contribution in [0.1, 0.15) is 6.42 Å². The molecule has 1 atom stereocenters. The van der Waals surface area contributed by atoms with Gasteiger partial charge in [-0.25, -0.2) is 8.42 Å². The van der Waals surface area contributed by atoms with Gasteiger partial charge in [-0.15, -0.1) is 0 Å². The molecule has 0 aromatic heterocycles. The van der Waals surface area contributed by atoms with Gasteiger partial charge < -0.3 is 5.11 Å². The summed E-state index contributed by atoms with van der Waals surface area (Å²) in [5.74, 6) is 0.696. The van der Waals surface area contributed by atoms with Gasteiger partial charge in [-0.3, -0.25) is 9.80 Å². The zero-order chi connectivity index (χ0) is 11.6. The van der Waals surface area contributed by atoms with E-state index in [0.29, 0.717) is 11.5 Å². The molecule has 2 rings (SSSR count). The summed E-state index contributed by atoms with van der Waals surface area (Å²) in [4.78, 5) is 4.51. The van der Waals surface area contributed by atoms with E-state index in [4.69, 9.17) is 5.11 Å². The number of β-amino-alcohol motifs (C(OH)–C–C–N with tert-alkyl or cyclic N) is 1. The predicted octanol–water partition coefficient (Wildman–Crippen LogP) is -1.22. The second kappa shape index (κ2) is 5.00. The van der Waals surface area contributed by atoms with E-state index in [1.165, 1.54) is 0 Å². The molecule has 2 aliphatic heterocycles. The summed E-state index contributed by atoms with van der Waals surface area (Å²) in [7, 11) is -2.76. The number of aliphatic hydroxyl groups excluding tert-OH is 1. The zero-order valence-electron chi connectivity index (χ0n) is 9.51. The van der Waals surface area contributed by atoms with Gasteiger partial charge in [0.05, 0.1) is 18.1 Å². The Morgan fingerprint density at radius 2 is 1.88 bits per heavy atom. The second-order valence-electron chi connectivity index (χ2n) is 4.66. The van der Waals surface area contributed by atoms with Crippen molar-refractivity contribution in [3.05, 3.63) is 0 Å². The van der Waals surface area contributed by atoms with Crippen LogP contribution in [-0.4, -0.2) is 80.2 Å². The fourth-order valence-corrected chi connectivity index (χ4v) is 4.32. The molecular formula is C10H20N2O3S. The van der Waals surface area contributed by atoms with E-state index in [1.807, 2.05) is 0 Å². The molecule has 1 unspecified atom stereocenters. The molecule has 0 aliphatic carbocycles. The van der Waals surface area contributed by atoms with Gasteiger partial charge in [0.2, 0.25) is 0 Å². The molecule has 0 bridgehead atoms. The number of aliphatic hydroxyl groups is 1. The molecule has 16 heavy (non-hydrogen) atoms. The first kappa shape index (κ1) is 12.3. The third-order valence-corrected chi connectivity index (χ3v) is 5.30. The van der Waals surface area contributed by atoms with Gasteiger partial charge in [0.25, 0.3) is 0 Å². The molecule has 2 fully saturated rings. The summed E-state index contributed by atoms with van der Waals surface area (Å²) < 4.78 is 22.8. The lowest BCUT2D eigenvalue weighted by molar-refractivity contribution is 0.0907. The van der Waals surface area contributed by atoms with Crippen LogP contribution in [-0.2, 0) is 9.84 Å². The van der Waals surface area contributed by atoms with E-state index < -0.39 is 9.84 Å². The van der Waals surface area contributed by atoms with E-state index in [9.17, 15) is 8.42 Å². The monoisotopic (exact) mass is 248 g/mol. The summed E-state index contributed by atoms with van der Waals surface area (Å²) in [6.07, 6.45) is 0.794. The van der Waals surface area contributed by atoms with Gasteiger partial charge in [-0.1, -0.05) is 0 Å². The molecule has 2 saturated heterocycles. The van der Waals surface area contributed by atoms with Crippen molar-refractivity contribution in [3.8, 4) is 0 Å². The maximum atomic E-state index is 11.4. The molecular weight excluding hydrogens is 228 g/mol. The van der Waals surface area contributed by atoms with Crippen molar-refractivity contribution in [2.45, 2.75) is 12.5 Å². The standard InChI is InChI=1S/C10H20N2O3S/c13-7-6-11-2-4-12(5-3-11)10-1-8-16(14,15)9-10/h10,13H,1-9H2. The first-order valence-corrected chi connectivity index (χ1v) is 7.70. The van der Waals surface area contributed by atoms with Crippen molar-refractivity contribution in [1.29, 1.82) is 0 Å². The van der Waals surface area contributed by atoms with Gasteiger partial charge in [0.1, 0.15) is 0 Å². The molecule has 94 valence electrons. The minimum absolute atomic E-state index is 0.206. The summed E-state index contributed by atoms with van der Waals surface area (Å²) in [5.41, 5.74) is 0. The van der Waals surface area contributed by atoms with Crippen LogP contribution >= 0.6 is 0 Å². The minimum Gasteiger partial charge on any atom is -0.395 e. The fourth-order valence-electron chi connectivity index (χ4n) is 2.56. The SMILES string of the molecule is O=S1(=O)CCC(N2CCN(CCO)CC2)C1. The maximum Gasteiger partial charge on any atom is 0.151 e. The van der Waals surface area contributed by atoms with Crippen molar-refractivity contribution in [2.24, 2.45) is 0 Å². The Morgan fingerprint density at radius 3 is 2.38 bits per heavy atom. The van der Waals surface area contributed by atoms with Crippen molar-refractivity contribution in [1.82, 2.24) is 9.80 Å². The predicted molar refractivity (Wildman–Crippen MR) is 62.2 cm³/mol. The van der Waals surface area contributed by atoms with Crippen LogP contribution in [0.25, 0.3) is 0 Å². The number of nitrogens with zero attached hydrogens (tertiary/aromatic N) is 2. The van der Waals surface area contributed by atoms with Crippen LogP contribution in [0.5, 0.6) is 0 Å². The smallest absolute Gasteiger partial charge is 0.151 e. The molecule has 5 nitrogen and oxygen atoms in total. The lowest BCUT2D eigenvalue weighted by atomic mass is 10.2. The molecule has 0 aromatic carbocycles. The zero-order valence-corrected chi connectivity index (χ0v) is 10.3. The van der Waals surface area contributed by atoms with Crippen LogP contribution in [0.3, 0.4) is 0 Å². The Bertz CT molecular complexity index is 323. The Labute approximate surface area is 97.0 Å². The average Bonchev–Trinajstić information content (AvgIpc) is 2.61. The lowest BCUT2D eigenvalue weighted by Crippen LogP contribution is -2.51. The molecule has 0 radical (unpaired) electrons. The van der Waals surface area contributed by atoms with Crippen molar-refractivity contribution >= 4 is 9.84 Å². The summed E-state index contributed by atoms with van der Waals surface area (Å²) in [5, 5.41) is 8.83. The normalized spacial score (nSPS) is 31.9. The summed E-state index contributed by atoms with van der Waals surface area (Å²) in [6, 6.07) is 0.237. The third kappa shape index (κ3) is 2.94. The van der Waals surface area contributed by atoms with Crippen LogP contribution in [0.15, 0.2) is 0 Å². The van der Waals surface area contributed by atoms with Gasteiger partial charge in [-0.05, 0) is 6.42 Å². The Hall–Kier alpha value is -0.170. The van der Waals surface area contributed by atoms with Crippen LogP contribution in [0.2, 0.25) is 0 Å². The third-order valence-electron chi connectivity index (χ3n) is 3.55. The van der Waals surface area contributed by atoms with Gasteiger partial charge in [0.15, 0.2) is 9.84 Å². The molecule has 0 amide bonds. The molecule has 6 heteroatoms. The largest absolute Gasteiger partial charge is 0.395 e. The summed E-state index contributed by atoms with van der Waals surface area (Å²) >= 11 is 0. The number of sulfone groups is 1. The minimum atomic E-state index is -2.76. The summed E-state index contributed by atoms with van der Waals surface area (Å²) in [6.45, 7) is 4.68. The van der Waals surface area contributed by atoms with Crippen molar-refractivity contribution < 1.29 is 13.5 Å². The van der Waals surface area contributed by atoms with E-state index in [-0.39, 0.29) is 12.6 Å². The fraction of sp³-hybridized carbons (Fsp3) is 1.00. The molecule has 2 aliphatic rings. The quantitative estimate of drug-likeness (QED) is 0.678. The average molecular weight is 248 g/mol. The first-order chi connectivity index (χ1) is 7.61. The lowest BCUT2D eigenvalue weighted by Gasteiger charge is -2.37. The highest BCUT2D eigenvalue weighted by Crippen LogP contribution is 2.18. The van der Waals surface area contributed by atoms with E-state index in [1.54, 1.807) is 0 Å². The maximum absolute atomic E-state index is 11.4. The number of hydrogen-bond acceptors (Lipinski definition) is 5. The van der Waals surface area contributed by atoms with E-state index in [0.717, 1.165) is 39.1 Å². The highest BCUT2D eigenvalue weighted by atomic mass is 32.2. The van der Waals surface area contributed by atoms with E-state index >= 15 is 0 Å². The van der Waals surface area contributed by atoms with Gasteiger partial charge in [-0.2, -0.15) is 0 Å². The number of rotatable bonds is 3. The molecule has 2 heterocycles. The van der Waals surface area contributed by atoms with Crippen LogP contribution < -0.4 is 0 Å². The van der Waals surface area contributed by atoms with Crippen LogP contribution in [0.4, 0.5) is 0 Å². The van der Waals surface area contributed by atoms with Crippen molar-refractivity contribution in [2.75, 3.05) is 50.8 Å². The number of hydrogen-bond donors (Lipinski definition) is 1. The topological polar surface area (TPSA) is 60.9 Å². The first-order valence-electron chi connectivity index (χ1n) is 5.88. The van der Waals surface area contributed by atoms with E-state index in [2.05, 4.69) is 9.80 Å². The highest BCUT2D eigenvalue weighted by Gasteiger charge is 2.33. The Kier molecular flexibility index (Phi) is 3.84.